The minimum atomic E-state index is -0.922. The van der Waals surface area contributed by atoms with Gasteiger partial charge < -0.3 is 14.6 Å². The number of nitrogens with one attached hydrogen (secondary N) is 1. The second kappa shape index (κ2) is 13.7. The van der Waals surface area contributed by atoms with Gasteiger partial charge in [0.2, 0.25) is 5.91 Å². The van der Waals surface area contributed by atoms with Crippen molar-refractivity contribution < 1.29 is 31.1 Å². The average molecular weight is 593 g/mol. The second-order valence-electron chi connectivity index (χ2n) is 9.59. The smallest absolute Gasteiger partial charge is 0.444 e. The number of oxazole rings is 1. The van der Waals surface area contributed by atoms with Crippen LogP contribution in [0.4, 0.5) is 5.69 Å². The van der Waals surface area contributed by atoms with Crippen molar-refractivity contribution in [2.75, 3.05) is 4.90 Å². The molecule has 0 aliphatic heterocycles. The van der Waals surface area contributed by atoms with E-state index >= 15 is 0 Å². The van der Waals surface area contributed by atoms with Crippen LogP contribution in [-0.4, -0.2) is 27.3 Å². The summed E-state index contributed by atoms with van der Waals surface area (Å²) in [6.45, 7) is 5.68. The van der Waals surface area contributed by atoms with Crippen molar-refractivity contribution in [1.29, 1.82) is 0 Å². The fourth-order valence-electron chi connectivity index (χ4n) is 3.84. The molecule has 3 aromatic carbocycles. The SMILES string of the molecule is C#Cc1nc(C(=O)N(c2ccc(-c3cnco3)cc2)C(C(=O)NC(C)(C)C)c2cc[cH-]c2)cs1.[Fe+2].c1cc[cH-]c1. The van der Waals surface area contributed by atoms with Gasteiger partial charge in [-0.1, -0.05) is 0 Å². The molecule has 0 aliphatic carbocycles. The summed E-state index contributed by atoms with van der Waals surface area (Å²) in [6.07, 6.45) is 8.43. The van der Waals surface area contributed by atoms with E-state index in [-0.39, 0.29) is 28.7 Å². The normalized spacial score (nSPS) is 11.2. The molecular weight excluding hydrogens is 564 g/mol. The summed E-state index contributed by atoms with van der Waals surface area (Å²) in [5, 5.41) is 5.01. The molecule has 7 nitrogen and oxygen atoms in total. The van der Waals surface area contributed by atoms with Crippen molar-refractivity contribution in [2.24, 2.45) is 0 Å². The van der Waals surface area contributed by atoms with Gasteiger partial charge in [-0.3, -0.25) is 9.59 Å². The van der Waals surface area contributed by atoms with Crippen molar-refractivity contribution in [2.45, 2.75) is 32.4 Å². The number of carbonyl (C=O) groups is 2. The standard InChI is InChI=1S/C26H23N4O3S.C5H5.Fe/c1-5-22-28-20(15-34-22)25(32)30(19-12-10-17(11-13-19)21-14-27-16-33-21)23(18-8-6-7-9-18)24(31)29-26(2,3)4;1-2-4-5-3-1;/h1,6-16,23H,2-4H3,(H,29,31);1-5H;/q2*-1;+2. The number of terminal acetylenes is 1. The van der Waals surface area contributed by atoms with Crippen molar-refractivity contribution in [3.05, 3.63) is 113 Å². The molecule has 0 spiro atoms. The van der Waals surface area contributed by atoms with Crippen molar-refractivity contribution in [3.8, 4) is 23.7 Å². The van der Waals surface area contributed by atoms with Gasteiger partial charge in [0.1, 0.15) is 5.69 Å². The number of hydrogen-bond acceptors (Lipinski definition) is 6. The molecule has 1 atom stereocenters. The van der Waals surface area contributed by atoms with Gasteiger partial charge in [-0.05, 0) is 51.0 Å². The van der Waals surface area contributed by atoms with Crippen LogP contribution >= 0.6 is 11.3 Å². The molecule has 5 rings (SSSR count). The van der Waals surface area contributed by atoms with Gasteiger partial charge in [-0.15, -0.1) is 17.8 Å². The fourth-order valence-corrected chi connectivity index (χ4v) is 4.43. The summed E-state index contributed by atoms with van der Waals surface area (Å²) in [5.41, 5.74) is 1.68. The third-order valence-electron chi connectivity index (χ3n) is 5.49. The van der Waals surface area contributed by atoms with Crippen LogP contribution in [0.25, 0.3) is 11.3 Å². The molecule has 0 saturated carbocycles. The van der Waals surface area contributed by atoms with Gasteiger partial charge in [-0.2, -0.15) is 42.0 Å². The number of anilines is 1. The predicted molar refractivity (Wildman–Crippen MR) is 154 cm³/mol. The molecule has 0 bridgehead atoms. The molecule has 1 unspecified atom stereocenters. The monoisotopic (exact) mass is 592 g/mol. The van der Waals surface area contributed by atoms with E-state index in [1.807, 2.05) is 87.5 Å². The molecule has 40 heavy (non-hydrogen) atoms. The first-order valence-corrected chi connectivity index (χ1v) is 13.1. The Balaban J connectivity index is 0.000000662. The van der Waals surface area contributed by atoms with E-state index in [0.29, 0.717) is 22.0 Å². The van der Waals surface area contributed by atoms with E-state index in [0.717, 1.165) is 5.56 Å². The first-order valence-electron chi connectivity index (χ1n) is 12.2. The minimum Gasteiger partial charge on any atom is -0.444 e. The summed E-state index contributed by atoms with van der Waals surface area (Å²) in [5.74, 6) is 2.32. The molecule has 9 heteroatoms. The summed E-state index contributed by atoms with van der Waals surface area (Å²) in [6, 6.07) is 23.6. The number of carbonyl (C=O) groups excluding carboxylic acids is 2. The van der Waals surface area contributed by atoms with Crippen molar-refractivity contribution >= 4 is 28.8 Å². The zero-order valence-electron chi connectivity index (χ0n) is 22.2. The molecule has 204 valence electrons. The number of thiazole rings is 1. The van der Waals surface area contributed by atoms with Crippen LogP contribution in [0.2, 0.25) is 0 Å². The molecule has 2 aromatic heterocycles. The van der Waals surface area contributed by atoms with Gasteiger partial charge in [-0.25, -0.2) is 28.2 Å². The van der Waals surface area contributed by atoms with Crippen LogP contribution in [0.5, 0.6) is 0 Å². The quantitative estimate of drug-likeness (QED) is 0.144. The number of benzene rings is 1. The van der Waals surface area contributed by atoms with Crippen molar-refractivity contribution in [1.82, 2.24) is 15.3 Å². The van der Waals surface area contributed by atoms with E-state index in [1.54, 1.807) is 23.7 Å². The summed E-state index contributed by atoms with van der Waals surface area (Å²) in [4.78, 5) is 37.0. The van der Waals surface area contributed by atoms with Crippen LogP contribution in [0.3, 0.4) is 0 Å². The van der Waals surface area contributed by atoms with Crippen LogP contribution in [0, 0.1) is 12.3 Å². The first kappa shape index (κ1) is 30.3. The Morgan fingerprint density at radius 2 is 1.82 bits per heavy atom. The van der Waals surface area contributed by atoms with Gasteiger partial charge in [0, 0.05) is 22.2 Å². The Morgan fingerprint density at radius 3 is 2.33 bits per heavy atom. The van der Waals surface area contributed by atoms with Crippen LogP contribution in [-0.2, 0) is 21.9 Å². The third kappa shape index (κ3) is 7.67. The number of nitrogens with zero attached hydrogens (tertiary/aromatic N) is 3. The van der Waals surface area contributed by atoms with Gasteiger partial charge >= 0.3 is 17.1 Å². The topological polar surface area (TPSA) is 88.3 Å². The van der Waals surface area contributed by atoms with E-state index in [4.69, 9.17) is 10.8 Å². The zero-order chi connectivity index (χ0) is 27.8. The predicted octanol–water partition coefficient (Wildman–Crippen LogP) is 6.20. The average Bonchev–Trinajstić information content (AvgIpc) is 3.73. The molecule has 2 heterocycles. The molecule has 5 aromatic rings. The summed E-state index contributed by atoms with van der Waals surface area (Å²) >= 11 is 1.20. The Kier molecular flexibility index (Phi) is 10.4. The molecule has 0 saturated heterocycles. The number of hydrogen-bond donors (Lipinski definition) is 1. The van der Waals surface area contributed by atoms with E-state index < -0.39 is 17.5 Å². The fraction of sp³-hybridized carbons (Fsp3) is 0.161. The largest absolute Gasteiger partial charge is 2.00 e. The first-order chi connectivity index (χ1) is 18.8. The Morgan fingerprint density at radius 1 is 1.10 bits per heavy atom. The van der Waals surface area contributed by atoms with Gasteiger partial charge in [0.15, 0.2) is 17.2 Å². The summed E-state index contributed by atoms with van der Waals surface area (Å²) in [7, 11) is 0. The number of aromatic nitrogens is 2. The summed E-state index contributed by atoms with van der Waals surface area (Å²) < 4.78 is 5.37. The van der Waals surface area contributed by atoms with Crippen LogP contribution in [0.1, 0.15) is 47.9 Å². The molecule has 0 radical (unpaired) electrons. The maximum atomic E-state index is 13.8. The van der Waals surface area contributed by atoms with E-state index in [1.165, 1.54) is 22.6 Å². The van der Waals surface area contributed by atoms with Crippen LogP contribution in [0.15, 0.2) is 101 Å². The maximum Gasteiger partial charge on any atom is 2.00 e. The maximum absolute atomic E-state index is 13.8. The van der Waals surface area contributed by atoms with Gasteiger partial charge in [0.25, 0.3) is 5.91 Å². The Bertz CT molecular complexity index is 1490. The minimum absolute atomic E-state index is 0. The Hall–Kier alpha value is -4.22. The Labute approximate surface area is 248 Å². The molecule has 0 aliphatic rings. The van der Waals surface area contributed by atoms with E-state index in [2.05, 4.69) is 21.2 Å². The number of amides is 2. The van der Waals surface area contributed by atoms with Crippen molar-refractivity contribution in [3.63, 3.8) is 0 Å². The number of rotatable bonds is 6. The van der Waals surface area contributed by atoms with E-state index in [9.17, 15) is 9.59 Å². The molecule has 2 amide bonds. The molecular formula is C31H28FeN4O3S. The third-order valence-corrected chi connectivity index (χ3v) is 6.27. The van der Waals surface area contributed by atoms with Crippen LogP contribution < -0.4 is 10.2 Å². The molecule has 0 fully saturated rings. The molecule has 1 N–H and O–H groups in total. The zero-order valence-corrected chi connectivity index (χ0v) is 24.1. The second-order valence-corrected chi connectivity index (χ2v) is 10.5. The van der Waals surface area contributed by atoms with Gasteiger partial charge in [0.05, 0.1) is 12.2 Å².